The van der Waals surface area contributed by atoms with E-state index in [-0.39, 0.29) is 24.4 Å². The zero-order chi connectivity index (χ0) is 21.8. The standard InChI is InChI=1S/C24H26FN3O3/c1-15-6-3-4-9-18(15)26-23(30)24(2)14-27-19-10-11-31-21(19)13-20(27)22(29)28(24)17-8-5-7-16(25)12-17/h5,7-8,10-13,15,18H,3-4,6,9,14H2,1-2H3,(H,26,30)/t15-,18+,24+/m1/s1. The lowest BCUT2D eigenvalue weighted by atomic mass is 9.85. The second-order valence-corrected chi connectivity index (χ2v) is 9.02. The van der Waals surface area contributed by atoms with E-state index in [1.165, 1.54) is 23.5 Å². The summed E-state index contributed by atoms with van der Waals surface area (Å²) in [6, 6.07) is 9.40. The molecule has 0 spiro atoms. The molecule has 1 aliphatic heterocycles. The molecule has 3 heterocycles. The molecule has 1 fully saturated rings. The van der Waals surface area contributed by atoms with Crippen molar-refractivity contribution in [3.63, 3.8) is 0 Å². The lowest BCUT2D eigenvalue weighted by Gasteiger charge is -2.45. The second kappa shape index (κ2) is 7.25. The van der Waals surface area contributed by atoms with Gasteiger partial charge in [-0.2, -0.15) is 0 Å². The van der Waals surface area contributed by atoms with Gasteiger partial charge in [-0.15, -0.1) is 0 Å². The van der Waals surface area contributed by atoms with Gasteiger partial charge in [-0.05, 0) is 43.9 Å². The molecule has 1 aromatic carbocycles. The van der Waals surface area contributed by atoms with Crippen LogP contribution in [-0.2, 0) is 11.3 Å². The van der Waals surface area contributed by atoms with Gasteiger partial charge in [-0.1, -0.05) is 25.8 Å². The van der Waals surface area contributed by atoms with Gasteiger partial charge in [0.1, 0.15) is 17.1 Å². The first-order chi connectivity index (χ1) is 14.9. The molecular formula is C24H26FN3O3. The van der Waals surface area contributed by atoms with Crippen LogP contribution >= 0.6 is 0 Å². The Hall–Kier alpha value is -3.09. The first kappa shape index (κ1) is 19.8. The number of carbonyl (C=O) groups is 2. The van der Waals surface area contributed by atoms with Crippen LogP contribution in [0, 0.1) is 11.7 Å². The lowest BCUT2D eigenvalue weighted by molar-refractivity contribution is -0.127. The monoisotopic (exact) mass is 423 g/mol. The number of nitrogens with zero attached hydrogens (tertiary/aromatic N) is 2. The van der Waals surface area contributed by atoms with Crippen molar-refractivity contribution in [2.24, 2.45) is 5.92 Å². The van der Waals surface area contributed by atoms with Gasteiger partial charge in [0.05, 0.1) is 18.3 Å². The SMILES string of the molecule is C[C@@H]1CCCC[C@@H]1NC(=O)[C@]1(C)Cn2c(cc3occc32)C(=O)N1c1cccc(F)c1. The normalized spacial score (nSPS) is 26.2. The van der Waals surface area contributed by atoms with Crippen LogP contribution < -0.4 is 10.2 Å². The molecule has 1 N–H and O–H groups in total. The first-order valence-electron chi connectivity index (χ1n) is 10.9. The molecule has 6 nitrogen and oxygen atoms in total. The van der Waals surface area contributed by atoms with Crippen molar-refractivity contribution in [1.29, 1.82) is 0 Å². The van der Waals surface area contributed by atoms with Crippen LogP contribution in [0.5, 0.6) is 0 Å². The fourth-order valence-electron chi connectivity index (χ4n) is 5.09. The van der Waals surface area contributed by atoms with Crippen molar-refractivity contribution < 1.29 is 18.4 Å². The van der Waals surface area contributed by atoms with Gasteiger partial charge in [-0.3, -0.25) is 14.5 Å². The molecule has 0 radical (unpaired) electrons. The van der Waals surface area contributed by atoms with Gasteiger partial charge in [0.15, 0.2) is 5.58 Å². The van der Waals surface area contributed by atoms with Crippen molar-refractivity contribution in [1.82, 2.24) is 9.88 Å². The molecule has 1 saturated carbocycles. The van der Waals surface area contributed by atoms with E-state index in [2.05, 4.69) is 12.2 Å². The van der Waals surface area contributed by atoms with Gasteiger partial charge in [-0.25, -0.2) is 4.39 Å². The number of carbonyl (C=O) groups excluding carboxylic acids is 2. The van der Waals surface area contributed by atoms with Crippen LogP contribution in [0.4, 0.5) is 10.1 Å². The van der Waals surface area contributed by atoms with Crippen LogP contribution in [0.15, 0.2) is 47.1 Å². The predicted molar refractivity (Wildman–Crippen MR) is 115 cm³/mol. The first-order valence-corrected chi connectivity index (χ1v) is 10.9. The fourth-order valence-corrected chi connectivity index (χ4v) is 5.09. The second-order valence-electron chi connectivity index (χ2n) is 9.02. The number of benzene rings is 1. The number of halogens is 1. The maximum atomic E-state index is 14.1. The Balaban J connectivity index is 1.60. The van der Waals surface area contributed by atoms with Crippen molar-refractivity contribution in [2.75, 3.05) is 4.90 Å². The summed E-state index contributed by atoms with van der Waals surface area (Å²) < 4.78 is 21.4. The molecule has 3 atom stereocenters. The summed E-state index contributed by atoms with van der Waals surface area (Å²) in [6.07, 6.45) is 5.82. The average molecular weight is 423 g/mol. The Labute approximate surface area is 180 Å². The third kappa shape index (κ3) is 3.14. The number of hydrogen-bond acceptors (Lipinski definition) is 3. The Morgan fingerprint density at radius 2 is 2.03 bits per heavy atom. The van der Waals surface area contributed by atoms with Gasteiger partial charge in [0, 0.05) is 23.9 Å². The topological polar surface area (TPSA) is 67.5 Å². The number of hydrogen-bond donors (Lipinski definition) is 1. The predicted octanol–water partition coefficient (Wildman–Crippen LogP) is 4.49. The molecule has 31 heavy (non-hydrogen) atoms. The van der Waals surface area contributed by atoms with Crippen LogP contribution in [0.2, 0.25) is 0 Å². The Morgan fingerprint density at radius 1 is 1.23 bits per heavy atom. The Morgan fingerprint density at radius 3 is 2.81 bits per heavy atom. The zero-order valence-corrected chi connectivity index (χ0v) is 17.7. The van der Waals surface area contributed by atoms with E-state index in [9.17, 15) is 14.0 Å². The van der Waals surface area contributed by atoms with Crippen LogP contribution in [0.3, 0.4) is 0 Å². The number of furan rings is 1. The molecule has 0 bridgehead atoms. The molecule has 2 aromatic heterocycles. The molecular weight excluding hydrogens is 397 g/mol. The minimum atomic E-state index is -1.22. The molecule has 3 aromatic rings. The number of anilines is 1. The van der Waals surface area contributed by atoms with Crippen LogP contribution in [0.1, 0.15) is 50.0 Å². The summed E-state index contributed by atoms with van der Waals surface area (Å²) >= 11 is 0. The summed E-state index contributed by atoms with van der Waals surface area (Å²) in [6.45, 7) is 4.16. The van der Waals surface area contributed by atoms with Crippen molar-refractivity contribution in [2.45, 2.75) is 57.7 Å². The molecule has 0 saturated heterocycles. The number of amides is 2. The highest BCUT2D eigenvalue weighted by atomic mass is 19.1. The van der Waals surface area contributed by atoms with E-state index in [0.717, 1.165) is 24.8 Å². The third-order valence-corrected chi connectivity index (χ3v) is 6.89. The molecule has 7 heteroatoms. The number of nitrogens with one attached hydrogen (secondary N) is 1. The molecule has 2 amide bonds. The molecule has 1 aliphatic carbocycles. The highest BCUT2D eigenvalue weighted by Crippen LogP contribution is 2.37. The minimum absolute atomic E-state index is 0.0718. The fraction of sp³-hybridized carbons (Fsp3) is 0.417. The van der Waals surface area contributed by atoms with E-state index in [1.54, 1.807) is 37.5 Å². The summed E-state index contributed by atoms with van der Waals surface area (Å²) in [5.41, 5.74) is 0.928. The Bertz CT molecular complexity index is 1170. The van der Waals surface area contributed by atoms with Gasteiger partial charge >= 0.3 is 0 Å². The van der Waals surface area contributed by atoms with Gasteiger partial charge in [0.25, 0.3) is 5.91 Å². The molecule has 0 unspecified atom stereocenters. The molecule has 162 valence electrons. The third-order valence-electron chi connectivity index (χ3n) is 6.89. The molecule has 2 aliphatic rings. The van der Waals surface area contributed by atoms with E-state index in [4.69, 9.17) is 4.42 Å². The van der Waals surface area contributed by atoms with Gasteiger partial charge in [0.2, 0.25) is 5.91 Å². The van der Waals surface area contributed by atoms with Crippen LogP contribution in [0.25, 0.3) is 11.1 Å². The highest BCUT2D eigenvalue weighted by molar-refractivity contribution is 6.13. The van der Waals surface area contributed by atoms with Crippen molar-refractivity contribution >= 4 is 28.6 Å². The number of rotatable bonds is 3. The van der Waals surface area contributed by atoms with E-state index in [0.29, 0.717) is 22.9 Å². The number of aromatic nitrogens is 1. The summed E-state index contributed by atoms with van der Waals surface area (Å²) in [5.74, 6) is -0.646. The minimum Gasteiger partial charge on any atom is -0.463 e. The number of fused-ring (bicyclic) bond motifs is 3. The van der Waals surface area contributed by atoms with Crippen LogP contribution in [-0.4, -0.2) is 28.0 Å². The largest absolute Gasteiger partial charge is 0.463 e. The van der Waals surface area contributed by atoms with Crippen molar-refractivity contribution in [3.8, 4) is 0 Å². The van der Waals surface area contributed by atoms with E-state index < -0.39 is 11.4 Å². The molecule has 5 rings (SSSR count). The van der Waals surface area contributed by atoms with E-state index in [1.807, 2.05) is 4.57 Å². The summed E-state index contributed by atoms with van der Waals surface area (Å²) in [5, 5.41) is 3.22. The van der Waals surface area contributed by atoms with Gasteiger partial charge < -0.3 is 14.3 Å². The average Bonchev–Trinajstić information content (AvgIpc) is 3.32. The maximum absolute atomic E-state index is 14.1. The lowest BCUT2D eigenvalue weighted by Crippen LogP contribution is -2.65. The van der Waals surface area contributed by atoms with Crippen molar-refractivity contribution in [3.05, 3.63) is 54.2 Å². The zero-order valence-electron chi connectivity index (χ0n) is 17.7. The quantitative estimate of drug-likeness (QED) is 0.675. The Kier molecular flexibility index (Phi) is 4.64. The maximum Gasteiger partial charge on any atom is 0.276 e. The highest BCUT2D eigenvalue weighted by Gasteiger charge is 2.49. The summed E-state index contributed by atoms with van der Waals surface area (Å²) in [4.78, 5) is 28.8. The summed E-state index contributed by atoms with van der Waals surface area (Å²) in [7, 11) is 0. The smallest absolute Gasteiger partial charge is 0.276 e. The van der Waals surface area contributed by atoms with E-state index >= 15 is 0 Å².